The van der Waals surface area contributed by atoms with Gasteiger partial charge in [-0.15, -0.1) is 0 Å². The molecular weight excluding hydrogens is 456 g/mol. The second kappa shape index (κ2) is 11.7. The van der Waals surface area contributed by atoms with Gasteiger partial charge in [0.2, 0.25) is 12.0 Å². The van der Waals surface area contributed by atoms with Crippen molar-refractivity contribution < 1.29 is 23.8 Å². The molecule has 2 aromatic rings. The van der Waals surface area contributed by atoms with Crippen molar-refractivity contribution in [2.45, 2.75) is 51.7 Å². The standard InChI is InChI=1S/C29H38N2O5/c1-20(2)16-28(32)30(3)24(18-21-8-7-9-23(17-21)34-4)22-12-14-31(15-13-22)29(33)27-19-35-25-10-5-6-11-26(25)36-27/h5-11,17,20,22,24,27H,12-16,18-19H2,1-4H3/t24-,27-/m1/s1. The topological polar surface area (TPSA) is 68.3 Å². The van der Waals surface area contributed by atoms with Crippen molar-refractivity contribution in [3.8, 4) is 17.2 Å². The maximum Gasteiger partial charge on any atom is 0.267 e. The summed E-state index contributed by atoms with van der Waals surface area (Å²) < 4.78 is 17.1. The van der Waals surface area contributed by atoms with Crippen molar-refractivity contribution in [1.29, 1.82) is 0 Å². The average molecular weight is 495 g/mol. The molecule has 0 aliphatic carbocycles. The van der Waals surface area contributed by atoms with Gasteiger partial charge >= 0.3 is 0 Å². The monoisotopic (exact) mass is 494 g/mol. The van der Waals surface area contributed by atoms with Crippen molar-refractivity contribution >= 4 is 11.8 Å². The van der Waals surface area contributed by atoms with Gasteiger partial charge in [-0.05, 0) is 60.9 Å². The highest BCUT2D eigenvalue weighted by Crippen LogP contribution is 2.33. The van der Waals surface area contributed by atoms with Crippen LogP contribution < -0.4 is 14.2 Å². The van der Waals surface area contributed by atoms with Gasteiger partial charge in [0, 0.05) is 32.6 Å². The minimum absolute atomic E-state index is 0.0310. The number of nitrogens with zero attached hydrogens (tertiary/aromatic N) is 2. The number of hydrogen-bond acceptors (Lipinski definition) is 5. The third-order valence-corrected chi connectivity index (χ3v) is 7.23. The average Bonchev–Trinajstić information content (AvgIpc) is 2.90. The molecule has 7 nitrogen and oxygen atoms in total. The second-order valence-electron chi connectivity index (χ2n) is 10.3. The van der Waals surface area contributed by atoms with E-state index in [1.165, 1.54) is 0 Å². The van der Waals surface area contributed by atoms with E-state index in [4.69, 9.17) is 14.2 Å². The Morgan fingerprint density at radius 1 is 1.08 bits per heavy atom. The first-order valence-electron chi connectivity index (χ1n) is 12.9. The number of hydrogen-bond donors (Lipinski definition) is 0. The maximum absolute atomic E-state index is 13.2. The van der Waals surface area contributed by atoms with E-state index in [0.29, 0.717) is 42.8 Å². The van der Waals surface area contributed by atoms with E-state index in [1.807, 2.05) is 59.3 Å². The van der Waals surface area contributed by atoms with Gasteiger partial charge in [-0.3, -0.25) is 9.59 Å². The quantitative estimate of drug-likeness (QED) is 0.551. The first-order valence-corrected chi connectivity index (χ1v) is 12.9. The lowest BCUT2D eigenvalue weighted by molar-refractivity contribution is -0.144. The third-order valence-electron chi connectivity index (χ3n) is 7.23. The molecule has 4 rings (SSSR count). The van der Waals surface area contributed by atoms with Crippen LogP contribution in [-0.4, -0.2) is 67.6 Å². The molecule has 2 aliphatic rings. The fourth-order valence-corrected chi connectivity index (χ4v) is 5.19. The van der Waals surface area contributed by atoms with E-state index >= 15 is 0 Å². The highest BCUT2D eigenvalue weighted by atomic mass is 16.6. The molecule has 2 amide bonds. The highest BCUT2D eigenvalue weighted by Gasteiger charge is 2.36. The van der Waals surface area contributed by atoms with Gasteiger partial charge in [-0.2, -0.15) is 0 Å². The lowest BCUT2D eigenvalue weighted by Crippen LogP contribution is -2.52. The third kappa shape index (κ3) is 6.12. The molecule has 0 unspecified atom stereocenters. The van der Waals surface area contributed by atoms with E-state index in [9.17, 15) is 9.59 Å². The fraction of sp³-hybridized carbons (Fsp3) is 0.517. The number of carbonyl (C=O) groups excluding carboxylic acids is 2. The predicted molar refractivity (Wildman–Crippen MR) is 138 cm³/mol. The summed E-state index contributed by atoms with van der Waals surface area (Å²) in [6.45, 7) is 5.66. The molecule has 2 aliphatic heterocycles. The molecular formula is C29H38N2O5. The van der Waals surface area contributed by atoms with E-state index in [-0.39, 0.29) is 24.5 Å². The van der Waals surface area contributed by atoms with Crippen molar-refractivity contribution in [3.63, 3.8) is 0 Å². The van der Waals surface area contributed by atoms with Crippen LogP contribution in [-0.2, 0) is 16.0 Å². The number of likely N-dealkylation sites (N-methyl/N-ethyl adjacent to an activating group) is 1. The summed E-state index contributed by atoms with van der Waals surface area (Å²) in [5, 5.41) is 0. The first kappa shape index (κ1) is 25.9. The van der Waals surface area contributed by atoms with Crippen LogP contribution in [0, 0.1) is 11.8 Å². The molecule has 2 atom stereocenters. The molecule has 194 valence electrons. The number of carbonyl (C=O) groups is 2. The summed E-state index contributed by atoms with van der Waals surface area (Å²) in [7, 11) is 3.60. The summed E-state index contributed by atoms with van der Waals surface area (Å²) in [5.74, 6) is 2.85. The zero-order valence-corrected chi connectivity index (χ0v) is 21.8. The molecule has 0 radical (unpaired) electrons. The van der Waals surface area contributed by atoms with E-state index in [2.05, 4.69) is 19.9 Å². The minimum Gasteiger partial charge on any atom is -0.497 e. The molecule has 1 fully saturated rings. The Morgan fingerprint density at radius 2 is 1.81 bits per heavy atom. The summed E-state index contributed by atoms with van der Waals surface area (Å²) in [4.78, 5) is 30.1. The minimum atomic E-state index is -0.626. The number of rotatable bonds is 8. The molecule has 2 aromatic carbocycles. The number of piperidine rings is 1. The highest BCUT2D eigenvalue weighted by molar-refractivity contribution is 5.82. The van der Waals surface area contributed by atoms with Crippen molar-refractivity contribution in [3.05, 3.63) is 54.1 Å². The Kier molecular flexibility index (Phi) is 8.39. The Labute approximate surface area is 214 Å². The van der Waals surface area contributed by atoms with Crippen LogP contribution in [0.2, 0.25) is 0 Å². The number of fused-ring (bicyclic) bond motifs is 1. The Balaban J connectivity index is 1.42. The van der Waals surface area contributed by atoms with Gasteiger partial charge in [0.25, 0.3) is 5.91 Å². The van der Waals surface area contributed by atoms with Gasteiger partial charge in [0.15, 0.2) is 11.5 Å². The van der Waals surface area contributed by atoms with Gasteiger partial charge in [0.1, 0.15) is 12.4 Å². The number of para-hydroxylation sites is 2. The van der Waals surface area contributed by atoms with Crippen LogP contribution >= 0.6 is 0 Å². The zero-order chi connectivity index (χ0) is 25.7. The van der Waals surface area contributed by atoms with Crippen LogP contribution in [0.25, 0.3) is 0 Å². The Morgan fingerprint density at radius 3 is 2.50 bits per heavy atom. The van der Waals surface area contributed by atoms with Crippen LogP contribution in [0.4, 0.5) is 0 Å². The fourth-order valence-electron chi connectivity index (χ4n) is 5.19. The smallest absolute Gasteiger partial charge is 0.267 e. The van der Waals surface area contributed by atoms with Crippen LogP contribution in [0.5, 0.6) is 17.2 Å². The number of likely N-dealkylation sites (tertiary alicyclic amines) is 1. The molecule has 7 heteroatoms. The largest absolute Gasteiger partial charge is 0.497 e. The lowest BCUT2D eigenvalue weighted by atomic mass is 9.84. The van der Waals surface area contributed by atoms with Crippen molar-refractivity contribution in [1.82, 2.24) is 9.80 Å². The zero-order valence-electron chi connectivity index (χ0n) is 21.8. The van der Waals surface area contributed by atoms with Gasteiger partial charge in [-0.25, -0.2) is 0 Å². The van der Waals surface area contributed by atoms with Gasteiger partial charge in [-0.1, -0.05) is 38.1 Å². The van der Waals surface area contributed by atoms with Crippen LogP contribution in [0.15, 0.2) is 48.5 Å². The Bertz CT molecular complexity index is 1050. The number of methoxy groups -OCH3 is 1. The molecule has 0 saturated carbocycles. The molecule has 1 saturated heterocycles. The normalized spacial score (nSPS) is 18.6. The SMILES string of the molecule is COc1cccc(C[C@H](C2CCN(C(=O)[C@H]3COc4ccccc4O3)CC2)N(C)C(=O)CC(C)C)c1. The number of benzene rings is 2. The Hall–Kier alpha value is -3.22. The van der Waals surface area contributed by atoms with Crippen LogP contribution in [0.3, 0.4) is 0 Å². The molecule has 0 bridgehead atoms. The van der Waals surface area contributed by atoms with E-state index in [1.54, 1.807) is 7.11 Å². The maximum atomic E-state index is 13.2. The van der Waals surface area contributed by atoms with Crippen LogP contribution in [0.1, 0.15) is 38.7 Å². The number of amides is 2. The summed E-state index contributed by atoms with van der Waals surface area (Å²) in [5.41, 5.74) is 1.15. The van der Waals surface area contributed by atoms with Gasteiger partial charge in [0.05, 0.1) is 7.11 Å². The summed E-state index contributed by atoms with van der Waals surface area (Å²) in [6, 6.07) is 15.6. The lowest BCUT2D eigenvalue weighted by Gasteiger charge is -2.41. The molecule has 0 aromatic heterocycles. The van der Waals surface area contributed by atoms with Gasteiger partial charge < -0.3 is 24.0 Å². The molecule has 0 spiro atoms. The summed E-state index contributed by atoms with van der Waals surface area (Å²) in [6.07, 6.45) is 2.34. The van der Waals surface area contributed by atoms with E-state index < -0.39 is 6.10 Å². The molecule has 0 N–H and O–H groups in total. The van der Waals surface area contributed by atoms with E-state index in [0.717, 1.165) is 30.6 Å². The predicted octanol–water partition coefficient (Wildman–Crippen LogP) is 4.19. The summed E-state index contributed by atoms with van der Waals surface area (Å²) >= 11 is 0. The van der Waals surface area contributed by atoms with Crippen molar-refractivity contribution in [2.75, 3.05) is 33.9 Å². The number of ether oxygens (including phenoxy) is 3. The molecule has 36 heavy (non-hydrogen) atoms. The first-order chi connectivity index (χ1) is 17.4. The second-order valence-corrected chi connectivity index (χ2v) is 10.3. The molecule has 2 heterocycles. The van der Waals surface area contributed by atoms with Crippen molar-refractivity contribution in [2.24, 2.45) is 11.8 Å².